The normalized spacial score (nSPS) is 16.1. The minimum atomic E-state index is -0.616. The van der Waals surface area contributed by atoms with Crippen molar-refractivity contribution in [3.8, 4) is 11.5 Å². The van der Waals surface area contributed by atoms with Crippen LogP contribution < -0.4 is 19.7 Å². The average molecular weight is 468 g/mol. The van der Waals surface area contributed by atoms with Crippen LogP contribution in [0.1, 0.15) is 51.7 Å². The number of methoxy groups -OCH3 is 3. The molecule has 0 aromatic heterocycles. The van der Waals surface area contributed by atoms with Gasteiger partial charge in [-0.1, -0.05) is 18.2 Å². The number of ether oxygens (including phenoxy) is 3. The predicted molar refractivity (Wildman–Crippen MR) is 125 cm³/mol. The number of carbonyl (C=O) groups excluding carboxylic acids is 3. The smallest absolute Gasteiger partial charge is 0.264 e. The number of fused-ring (bicyclic) bond motifs is 5. The minimum Gasteiger partial charge on any atom is -0.493 e. The molecule has 0 fully saturated rings. The fourth-order valence-electron chi connectivity index (χ4n) is 4.59. The lowest BCUT2D eigenvalue weighted by molar-refractivity contribution is -0.121. The number of hydrogen-bond acceptors (Lipinski definition) is 6. The van der Waals surface area contributed by atoms with Crippen molar-refractivity contribution < 1.29 is 28.6 Å². The summed E-state index contributed by atoms with van der Waals surface area (Å²) in [6, 6.07) is 10.6. The van der Waals surface area contributed by atoms with Crippen molar-refractivity contribution >= 4 is 23.4 Å². The summed E-state index contributed by atoms with van der Waals surface area (Å²) >= 11 is 0. The van der Waals surface area contributed by atoms with E-state index in [9.17, 15) is 14.4 Å². The second-order valence-corrected chi connectivity index (χ2v) is 8.13. The molecule has 0 saturated heterocycles. The Morgan fingerprint density at radius 3 is 2.53 bits per heavy atom. The van der Waals surface area contributed by atoms with Crippen LogP contribution in [0.5, 0.6) is 11.5 Å². The number of amides is 3. The summed E-state index contributed by atoms with van der Waals surface area (Å²) < 4.78 is 15.9. The van der Waals surface area contributed by atoms with Crippen LogP contribution in [0.4, 0.5) is 5.69 Å². The zero-order valence-electron chi connectivity index (χ0n) is 19.6. The molecule has 0 radical (unpaired) electrons. The molecule has 9 heteroatoms. The maximum atomic E-state index is 13.6. The van der Waals surface area contributed by atoms with Crippen LogP contribution in [-0.4, -0.2) is 63.6 Å². The quantitative estimate of drug-likeness (QED) is 0.540. The van der Waals surface area contributed by atoms with E-state index < -0.39 is 6.17 Å². The Morgan fingerprint density at radius 1 is 1.00 bits per heavy atom. The van der Waals surface area contributed by atoms with E-state index in [1.807, 2.05) is 0 Å². The molecule has 4 rings (SSSR count). The molecule has 2 aliphatic rings. The van der Waals surface area contributed by atoms with E-state index in [0.29, 0.717) is 60.0 Å². The molecular formula is C25H29N3O6. The van der Waals surface area contributed by atoms with Gasteiger partial charge in [0.15, 0.2) is 11.5 Å². The molecule has 180 valence electrons. The van der Waals surface area contributed by atoms with Gasteiger partial charge >= 0.3 is 0 Å². The average Bonchev–Trinajstić information content (AvgIpc) is 3.15. The summed E-state index contributed by atoms with van der Waals surface area (Å²) in [7, 11) is 4.63. The van der Waals surface area contributed by atoms with Gasteiger partial charge in [0, 0.05) is 38.8 Å². The van der Waals surface area contributed by atoms with Crippen LogP contribution >= 0.6 is 0 Å². The third kappa shape index (κ3) is 4.07. The fourth-order valence-corrected chi connectivity index (χ4v) is 4.59. The second kappa shape index (κ2) is 10.1. The van der Waals surface area contributed by atoms with Crippen LogP contribution in [0.15, 0.2) is 36.4 Å². The summed E-state index contributed by atoms with van der Waals surface area (Å²) in [5.41, 5.74) is 2.08. The number of nitrogens with one attached hydrogen (secondary N) is 1. The van der Waals surface area contributed by atoms with Crippen LogP contribution in [0.3, 0.4) is 0 Å². The number of rotatable bonds is 10. The number of hydrogen-bond donors (Lipinski definition) is 1. The molecule has 2 heterocycles. The second-order valence-electron chi connectivity index (χ2n) is 8.13. The summed E-state index contributed by atoms with van der Waals surface area (Å²) in [4.78, 5) is 42.6. The van der Waals surface area contributed by atoms with Crippen molar-refractivity contribution in [2.75, 3.05) is 45.9 Å². The molecule has 1 N–H and O–H groups in total. The number of nitrogens with zero attached hydrogens (tertiary/aromatic N) is 2. The van der Waals surface area contributed by atoms with Gasteiger partial charge in [0.1, 0.15) is 6.17 Å². The number of benzene rings is 2. The van der Waals surface area contributed by atoms with Crippen LogP contribution in [-0.2, 0) is 9.53 Å². The summed E-state index contributed by atoms with van der Waals surface area (Å²) in [6.07, 6.45) is 0.864. The maximum Gasteiger partial charge on any atom is 0.264 e. The molecule has 2 aliphatic heterocycles. The van der Waals surface area contributed by atoms with Crippen LogP contribution in [0, 0.1) is 0 Å². The first-order valence-electron chi connectivity index (χ1n) is 11.3. The van der Waals surface area contributed by atoms with Gasteiger partial charge in [0.25, 0.3) is 11.8 Å². The van der Waals surface area contributed by atoms with Gasteiger partial charge in [-0.3, -0.25) is 19.3 Å². The van der Waals surface area contributed by atoms with Gasteiger partial charge in [-0.05, 0) is 31.0 Å². The standard InChI is InChI=1S/C25H29N3O6/c1-32-15-7-13-26-20(29)10-6-14-27-23-17-11-12-19(33-2)22(34-3)21(17)25(31)28(23)18-9-5-4-8-16(18)24(27)30/h4-5,8-9,11-12,23H,6-7,10,13-15H2,1-3H3,(H,26,29)/t23-/m1/s1. The molecule has 2 aromatic carbocycles. The van der Waals surface area contributed by atoms with Gasteiger partial charge in [-0.15, -0.1) is 0 Å². The van der Waals surface area contributed by atoms with E-state index in [4.69, 9.17) is 14.2 Å². The first-order chi connectivity index (χ1) is 16.5. The largest absolute Gasteiger partial charge is 0.493 e. The molecular weight excluding hydrogens is 438 g/mol. The minimum absolute atomic E-state index is 0.0767. The van der Waals surface area contributed by atoms with E-state index in [-0.39, 0.29) is 24.1 Å². The van der Waals surface area contributed by atoms with Crippen molar-refractivity contribution in [3.63, 3.8) is 0 Å². The summed E-state index contributed by atoms with van der Waals surface area (Å²) in [5.74, 6) is 0.293. The molecule has 9 nitrogen and oxygen atoms in total. The first-order valence-corrected chi connectivity index (χ1v) is 11.3. The molecule has 1 atom stereocenters. The van der Waals surface area contributed by atoms with Gasteiger partial charge in [-0.2, -0.15) is 0 Å². The van der Waals surface area contributed by atoms with Crippen LogP contribution in [0.25, 0.3) is 0 Å². The Labute approximate surface area is 198 Å². The van der Waals surface area contributed by atoms with Gasteiger partial charge in [-0.25, -0.2) is 0 Å². The highest BCUT2D eigenvalue weighted by molar-refractivity contribution is 6.18. The van der Waals surface area contributed by atoms with Gasteiger partial charge in [0.05, 0.1) is 31.0 Å². The topological polar surface area (TPSA) is 97.4 Å². The van der Waals surface area contributed by atoms with Crippen molar-refractivity contribution in [2.45, 2.75) is 25.4 Å². The summed E-state index contributed by atoms with van der Waals surface area (Å²) in [6.45, 7) is 1.45. The van der Waals surface area contributed by atoms with Crippen molar-refractivity contribution in [2.24, 2.45) is 0 Å². The SMILES string of the molecule is COCCCNC(=O)CCCN1C(=O)c2ccccc2N2C(=O)c3c(ccc(OC)c3OC)[C@H]12. The Morgan fingerprint density at radius 2 is 1.79 bits per heavy atom. The lowest BCUT2D eigenvalue weighted by Crippen LogP contribution is -2.48. The lowest BCUT2D eigenvalue weighted by atomic mass is 10.0. The fraction of sp³-hybridized carbons (Fsp3) is 0.400. The lowest BCUT2D eigenvalue weighted by Gasteiger charge is -2.41. The molecule has 0 aliphatic carbocycles. The van der Waals surface area contributed by atoms with E-state index in [2.05, 4.69) is 5.32 Å². The zero-order valence-corrected chi connectivity index (χ0v) is 19.6. The number of anilines is 1. The van der Waals surface area contributed by atoms with Gasteiger partial charge < -0.3 is 24.4 Å². The maximum absolute atomic E-state index is 13.6. The van der Waals surface area contributed by atoms with E-state index >= 15 is 0 Å². The predicted octanol–water partition coefficient (Wildman–Crippen LogP) is 2.75. The summed E-state index contributed by atoms with van der Waals surface area (Å²) in [5, 5.41) is 2.86. The number of carbonyl (C=O) groups is 3. The molecule has 0 spiro atoms. The highest BCUT2D eigenvalue weighted by atomic mass is 16.5. The molecule has 3 amide bonds. The Bertz CT molecular complexity index is 1100. The molecule has 0 unspecified atom stereocenters. The van der Waals surface area contributed by atoms with Crippen molar-refractivity contribution in [1.82, 2.24) is 10.2 Å². The van der Waals surface area contributed by atoms with Crippen molar-refractivity contribution in [3.05, 3.63) is 53.1 Å². The molecule has 0 bridgehead atoms. The van der Waals surface area contributed by atoms with E-state index in [1.54, 1.807) is 53.3 Å². The highest BCUT2D eigenvalue weighted by Crippen LogP contribution is 2.49. The van der Waals surface area contributed by atoms with E-state index in [0.717, 1.165) is 6.42 Å². The van der Waals surface area contributed by atoms with Crippen molar-refractivity contribution in [1.29, 1.82) is 0 Å². The Hall–Kier alpha value is -3.59. The van der Waals surface area contributed by atoms with E-state index in [1.165, 1.54) is 14.2 Å². The highest BCUT2D eigenvalue weighted by Gasteiger charge is 2.49. The first kappa shape index (κ1) is 23.6. The molecule has 2 aromatic rings. The number of para-hydroxylation sites is 1. The zero-order chi connectivity index (χ0) is 24.2. The van der Waals surface area contributed by atoms with Crippen LogP contribution in [0.2, 0.25) is 0 Å². The Balaban J connectivity index is 1.62. The molecule has 34 heavy (non-hydrogen) atoms. The third-order valence-electron chi connectivity index (χ3n) is 6.13. The monoisotopic (exact) mass is 467 g/mol. The third-order valence-corrected chi connectivity index (χ3v) is 6.13. The van der Waals surface area contributed by atoms with Gasteiger partial charge in [0.2, 0.25) is 5.91 Å². The molecule has 0 saturated carbocycles. The Kier molecular flexibility index (Phi) is 7.02.